The van der Waals surface area contributed by atoms with Crippen LogP contribution in [0.5, 0.6) is 5.88 Å². The van der Waals surface area contributed by atoms with Gasteiger partial charge in [0, 0.05) is 14.1 Å². The van der Waals surface area contributed by atoms with Gasteiger partial charge in [-0.25, -0.2) is 9.97 Å². The highest BCUT2D eigenvalue weighted by atomic mass is 16.5. The molecule has 60 valence electrons. The van der Waals surface area contributed by atoms with E-state index in [9.17, 15) is 0 Å². The maximum atomic E-state index is 4.86. The zero-order chi connectivity index (χ0) is 8.27. The van der Waals surface area contributed by atoms with Gasteiger partial charge in [0.1, 0.15) is 5.82 Å². The van der Waals surface area contributed by atoms with Crippen molar-refractivity contribution in [2.75, 3.05) is 26.1 Å². The molecule has 0 bridgehead atoms. The molecule has 4 heteroatoms. The molecule has 0 aliphatic heterocycles. The zero-order valence-electron chi connectivity index (χ0n) is 6.90. The van der Waals surface area contributed by atoms with Crippen LogP contribution < -0.4 is 9.64 Å². The average Bonchev–Trinajstić information content (AvgIpc) is 2.05. The molecule has 0 aliphatic carbocycles. The highest BCUT2D eigenvalue weighted by molar-refractivity contribution is 5.33. The number of aromatic nitrogens is 2. The molecular weight excluding hydrogens is 142 g/mol. The molecule has 0 radical (unpaired) electrons. The Morgan fingerprint density at radius 1 is 1.27 bits per heavy atom. The molecule has 4 nitrogen and oxygen atoms in total. The van der Waals surface area contributed by atoms with E-state index in [1.807, 2.05) is 19.0 Å². The molecule has 1 heterocycles. The number of hydrogen-bond donors (Lipinski definition) is 0. The lowest BCUT2D eigenvalue weighted by Crippen LogP contribution is -2.10. The summed E-state index contributed by atoms with van der Waals surface area (Å²) in [7, 11) is 5.40. The molecular formula is C7H11N3O. The van der Waals surface area contributed by atoms with E-state index in [1.54, 1.807) is 19.5 Å². The first-order valence-electron chi connectivity index (χ1n) is 3.27. The molecule has 0 amide bonds. The van der Waals surface area contributed by atoms with Crippen molar-refractivity contribution in [3.05, 3.63) is 12.4 Å². The van der Waals surface area contributed by atoms with Gasteiger partial charge in [-0.05, 0) is 0 Å². The van der Waals surface area contributed by atoms with Gasteiger partial charge in [0.2, 0.25) is 5.88 Å². The van der Waals surface area contributed by atoms with Gasteiger partial charge in [-0.15, -0.1) is 0 Å². The number of nitrogens with zero attached hydrogens (tertiary/aromatic N) is 3. The topological polar surface area (TPSA) is 38.2 Å². The molecule has 0 atom stereocenters. The zero-order valence-corrected chi connectivity index (χ0v) is 6.90. The third kappa shape index (κ3) is 1.80. The first-order chi connectivity index (χ1) is 5.24. The van der Waals surface area contributed by atoms with Crippen LogP contribution in [0, 0.1) is 0 Å². The quantitative estimate of drug-likeness (QED) is 0.622. The summed E-state index contributed by atoms with van der Waals surface area (Å²) in [5.41, 5.74) is 0. The van der Waals surface area contributed by atoms with Crippen LogP contribution in [0.4, 0.5) is 5.82 Å². The summed E-state index contributed by atoms with van der Waals surface area (Å²) < 4.78 is 4.86. The van der Waals surface area contributed by atoms with Crippen LogP contribution in [0.3, 0.4) is 0 Å². The van der Waals surface area contributed by atoms with Crippen molar-refractivity contribution in [1.82, 2.24) is 9.97 Å². The number of ether oxygens (including phenoxy) is 1. The predicted octanol–water partition coefficient (Wildman–Crippen LogP) is 0.551. The van der Waals surface area contributed by atoms with Gasteiger partial charge in [-0.2, -0.15) is 0 Å². The van der Waals surface area contributed by atoms with E-state index in [-0.39, 0.29) is 0 Å². The van der Waals surface area contributed by atoms with Crippen molar-refractivity contribution < 1.29 is 4.74 Å². The third-order valence-electron chi connectivity index (χ3n) is 1.28. The first kappa shape index (κ1) is 7.78. The van der Waals surface area contributed by atoms with Crippen LogP contribution in [0.25, 0.3) is 0 Å². The minimum atomic E-state index is 0.538. The van der Waals surface area contributed by atoms with Crippen molar-refractivity contribution in [1.29, 1.82) is 0 Å². The lowest BCUT2D eigenvalue weighted by molar-refractivity contribution is 0.395. The number of rotatable bonds is 2. The number of methoxy groups -OCH3 is 1. The summed E-state index contributed by atoms with van der Waals surface area (Å²) in [6.07, 6.45) is 3.26. The van der Waals surface area contributed by atoms with Crippen LogP contribution >= 0.6 is 0 Å². The lowest BCUT2D eigenvalue weighted by Gasteiger charge is -2.09. The number of anilines is 1. The molecule has 11 heavy (non-hydrogen) atoms. The Kier molecular flexibility index (Phi) is 2.25. The van der Waals surface area contributed by atoms with E-state index in [0.717, 1.165) is 5.82 Å². The summed E-state index contributed by atoms with van der Waals surface area (Å²) in [5, 5.41) is 0. The van der Waals surface area contributed by atoms with Crippen LogP contribution in [-0.2, 0) is 0 Å². The van der Waals surface area contributed by atoms with Gasteiger partial charge in [-0.3, -0.25) is 0 Å². The molecule has 1 aromatic heterocycles. The monoisotopic (exact) mass is 153 g/mol. The van der Waals surface area contributed by atoms with E-state index >= 15 is 0 Å². The Morgan fingerprint density at radius 3 is 2.36 bits per heavy atom. The molecule has 0 saturated heterocycles. The summed E-state index contributed by atoms with van der Waals surface area (Å²) in [6, 6.07) is 0. The SMILES string of the molecule is COc1cnc(N(C)C)cn1. The summed E-state index contributed by atoms with van der Waals surface area (Å²) >= 11 is 0. The predicted molar refractivity (Wildman–Crippen MR) is 42.9 cm³/mol. The van der Waals surface area contributed by atoms with Gasteiger partial charge < -0.3 is 9.64 Å². The molecule has 0 saturated carbocycles. The Hall–Kier alpha value is -1.32. The first-order valence-corrected chi connectivity index (χ1v) is 3.27. The molecule has 0 N–H and O–H groups in total. The van der Waals surface area contributed by atoms with Gasteiger partial charge in [0.15, 0.2) is 0 Å². The fourth-order valence-electron chi connectivity index (χ4n) is 0.646. The van der Waals surface area contributed by atoms with Crippen molar-refractivity contribution >= 4 is 5.82 Å². The molecule has 0 aromatic carbocycles. The fourth-order valence-corrected chi connectivity index (χ4v) is 0.646. The number of hydrogen-bond acceptors (Lipinski definition) is 4. The molecule has 0 fully saturated rings. The summed E-state index contributed by atoms with van der Waals surface area (Å²) in [6.45, 7) is 0. The highest BCUT2D eigenvalue weighted by Gasteiger charge is 1.96. The van der Waals surface area contributed by atoms with Gasteiger partial charge in [0.25, 0.3) is 0 Å². The van der Waals surface area contributed by atoms with Crippen LogP contribution in [-0.4, -0.2) is 31.2 Å². The van der Waals surface area contributed by atoms with Crippen molar-refractivity contribution in [2.24, 2.45) is 0 Å². The minimum absolute atomic E-state index is 0.538. The van der Waals surface area contributed by atoms with Crippen molar-refractivity contribution in [3.63, 3.8) is 0 Å². The Morgan fingerprint density at radius 2 is 2.00 bits per heavy atom. The molecule has 0 aliphatic rings. The minimum Gasteiger partial charge on any atom is -0.480 e. The molecule has 0 unspecified atom stereocenters. The second-order valence-corrected chi connectivity index (χ2v) is 2.31. The van der Waals surface area contributed by atoms with Gasteiger partial charge >= 0.3 is 0 Å². The maximum Gasteiger partial charge on any atom is 0.232 e. The smallest absolute Gasteiger partial charge is 0.232 e. The van der Waals surface area contributed by atoms with Crippen molar-refractivity contribution in [3.8, 4) is 5.88 Å². The maximum absolute atomic E-state index is 4.86. The molecule has 1 aromatic rings. The molecule has 0 spiro atoms. The fraction of sp³-hybridized carbons (Fsp3) is 0.429. The largest absolute Gasteiger partial charge is 0.480 e. The normalized spacial score (nSPS) is 9.36. The second-order valence-electron chi connectivity index (χ2n) is 2.31. The van der Waals surface area contributed by atoms with Crippen molar-refractivity contribution in [2.45, 2.75) is 0 Å². The Labute approximate surface area is 65.8 Å². The average molecular weight is 153 g/mol. The Bertz CT molecular complexity index is 220. The van der Waals surface area contributed by atoms with Gasteiger partial charge in [0.05, 0.1) is 19.5 Å². The summed E-state index contributed by atoms with van der Waals surface area (Å²) in [4.78, 5) is 9.96. The van der Waals surface area contributed by atoms with Crippen LogP contribution in [0.2, 0.25) is 0 Å². The molecule has 1 rings (SSSR count). The van der Waals surface area contributed by atoms with E-state index in [4.69, 9.17) is 4.74 Å². The highest BCUT2D eigenvalue weighted by Crippen LogP contribution is 2.07. The summed E-state index contributed by atoms with van der Waals surface area (Å²) in [5.74, 6) is 1.36. The van der Waals surface area contributed by atoms with E-state index < -0.39 is 0 Å². The van der Waals surface area contributed by atoms with Crippen LogP contribution in [0.15, 0.2) is 12.4 Å². The van der Waals surface area contributed by atoms with Crippen LogP contribution in [0.1, 0.15) is 0 Å². The van der Waals surface area contributed by atoms with E-state index in [1.165, 1.54) is 0 Å². The standard InChI is InChI=1S/C7H11N3O/c1-10(2)6-4-9-7(11-3)5-8-6/h4-5H,1-3H3. The Balaban J connectivity index is 2.83. The van der Waals surface area contributed by atoms with E-state index in [2.05, 4.69) is 9.97 Å². The second kappa shape index (κ2) is 3.18. The third-order valence-corrected chi connectivity index (χ3v) is 1.28. The van der Waals surface area contributed by atoms with Gasteiger partial charge in [-0.1, -0.05) is 0 Å². The van der Waals surface area contributed by atoms with E-state index in [0.29, 0.717) is 5.88 Å². The lowest BCUT2D eigenvalue weighted by atomic mass is 10.6.